The van der Waals surface area contributed by atoms with Gasteiger partial charge in [-0.1, -0.05) is 103 Å². The molecule has 0 aromatic rings. The van der Waals surface area contributed by atoms with Crippen LogP contribution in [0.4, 0.5) is 0 Å². The van der Waals surface area contributed by atoms with Gasteiger partial charge in [-0.2, -0.15) is 0 Å². The predicted octanol–water partition coefficient (Wildman–Crippen LogP) is 5.18. The SMILES string of the molecule is CCCCCCCCCCCCCCCCCCO.O=P(O)(O)O.[HH].[Na]. The van der Waals surface area contributed by atoms with Gasteiger partial charge in [-0.3, -0.25) is 0 Å². The maximum absolute atomic E-state index is 8.88. The molecule has 0 aromatic carbocycles. The molecule has 0 aliphatic carbocycles. The fourth-order valence-electron chi connectivity index (χ4n) is 2.66. The zero-order valence-electron chi connectivity index (χ0n) is 16.7. The number of rotatable bonds is 16. The molecule has 0 aromatic heterocycles. The van der Waals surface area contributed by atoms with Gasteiger partial charge in [-0.05, 0) is 6.42 Å². The summed E-state index contributed by atoms with van der Waals surface area (Å²) in [5, 5.41) is 8.67. The zero-order chi connectivity index (χ0) is 18.5. The summed E-state index contributed by atoms with van der Waals surface area (Å²) >= 11 is 0. The van der Waals surface area contributed by atoms with Gasteiger partial charge in [0.2, 0.25) is 0 Å². The Balaban J connectivity index is -0.000000304. The molecule has 0 rings (SSSR count). The third-order valence-electron chi connectivity index (χ3n) is 4.01. The second kappa shape index (κ2) is 25.1. The molecule has 0 heterocycles. The molecule has 0 aliphatic rings. The molecule has 0 unspecified atom stereocenters. The molecular formula is C18H43NaO5P. The second-order valence-electron chi connectivity index (χ2n) is 6.54. The Morgan fingerprint density at radius 1 is 0.600 bits per heavy atom. The Hall–Kier alpha value is 1.07. The number of hydrogen-bond acceptors (Lipinski definition) is 2. The predicted molar refractivity (Wildman–Crippen MR) is 109 cm³/mol. The standard InChI is InChI=1S/C18H38O.Na.H3O4P.H2/c1-2-3-4-5-6-7-8-9-10-11-12-13-14-15-16-17-18-19;;1-5(2,3)4;/h19H,2-18H2,1H3;;(H3,1,2,3,4);1H. The van der Waals surface area contributed by atoms with Gasteiger partial charge >= 0.3 is 7.82 Å². The molecule has 25 heavy (non-hydrogen) atoms. The van der Waals surface area contributed by atoms with Gasteiger partial charge in [0.05, 0.1) is 0 Å². The number of hydrogen-bond donors (Lipinski definition) is 4. The van der Waals surface area contributed by atoms with Gasteiger partial charge in [0, 0.05) is 37.6 Å². The molecule has 0 fully saturated rings. The number of phosphoric acid groups is 1. The summed E-state index contributed by atoms with van der Waals surface area (Å²) in [6.07, 6.45) is 22.2. The molecule has 0 amide bonds. The minimum Gasteiger partial charge on any atom is -0.396 e. The molecule has 151 valence electrons. The minimum atomic E-state index is -4.64. The Morgan fingerprint density at radius 2 is 0.800 bits per heavy atom. The summed E-state index contributed by atoms with van der Waals surface area (Å²) < 4.78 is 8.88. The fraction of sp³-hybridized carbons (Fsp3) is 1.00. The first kappa shape index (κ1) is 30.8. The summed E-state index contributed by atoms with van der Waals surface area (Å²) in [7, 11) is -4.64. The van der Waals surface area contributed by atoms with Crippen LogP contribution >= 0.6 is 7.82 Å². The Morgan fingerprint density at radius 3 is 1.00 bits per heavy atom. The number of aliphatic hydroxyl groups excluding tert-OH is 1. The largest absolute Gasteiger partial charge is 0.466 e. The van der Waals surface area contributed by atoms with Crippen molar-refractivity contribution in [3.8, 4) is 0 Å². The average Bonchev–Trinajstić information content (AvgIpc) is 2.49. The Bertz CT molecular complexity index is 256. The first-order valence-electron chi connectivity index (χ1n) is 9.81. The van der Waals surface area contributed by atoms with Crippen molar-refractivity contribution >= 4 is 37.4 Å². The van der Waals surface area contributed by atoms with Crippen molar-refractivity contribution in [1.82, 2.24) is 0 Å². The number of aliphatic hydroxyl groups is 1. The van der Waals surface area contributed by atoms with Crippen LogP contribution in [0.5, 0.6) is 0 Å². The van der Waals surface area contributed by atoms with Gasteiger partial charge < -0.3 is 19.8 Å². The molecule has 0 atom stereocenters. The fourth-order valence-corrected chi connectivity index (χ4v) is 2.66. The molecule has 7 heteroatoms. The van der Waals surface area contributed by atoms with Crippen molar-refractivity contribution in [2.45, 2.75) is 110 Å². The summed E-state index contributed by atoms with van der Waals surface area (Å²) in [5.41, 5.74) is 0. The van der Waals surface area contributed by atoms with E-state index in [0.717, 1.165) is 6.42 Å². The van der Waals surface area contributed by atoms with E-state index in [2.05, 4.69) is 6.92 Å². The van der Waals surface area contributed by atoms with Crippen molar-refractivity contribution < 1.29 is 25.8 Å². The molecule has 0 spiro atoms. The Kier molecular flexibility index (Phi) is 30.9. The van der Waals surface area contributed by atoms with E-state index in [-0.39, 0.29) is 31.0 Å². The van der Waals surface area contributed by atoms with E-state index < -0.39 is 7.82 Å². The average molecular weight is 394 g/mol. The van der Waals surface area contributed by atoms with Gasteiger partial charge in [0.1, 0.15) is 0 Å². The molecule has 4 N–H and O–H groups in total. The Labute approximate surface area is 179 Å². The summed E-state index contributed by atoms with van der Waals surface area (Å²) in [5.74, 6) is 0. The van der Waals surface area contributed by atoms with Crippen LogP contribution in [-0.4, -0.2) is 56.0 Å². The number of unbranched alkanes of at least 4 members (excludes halogenated alkanes) is 15. The van der Waals surface area contributed by atoms with Crippen LogP contribution in [0.3, 0.4) is 0 Å². The van der Waals surface area contributed by atoms with Crippen LogP contribution in [0.15, 0.2) is 0 Å². The molecule has 0 bridgehead atoms. The van der Waals surface area contributed by atoms with E-state index in [9.17, 15) is 0 Å². The summed E-state index contributed by atoms with van der Waals surface area (Å²) in [4.78, 5) is 21.6. The van der Waals surface area contributed by atoms with Gasteiger partial charge in [-0.15, -0.1) is 0 Å². The monoisotopic (exact) mass is 393 g/mol. The van der Waals surface area contributed by atoms with Crippen molar-refractivity contribution in [1.29, 1.82) is 0 Å². The van der Waals surface area contributed by atoms with Gasteiger partial charge in [0.15, 0.2) is 0 Å². The van der Waals surface area contributed by atoms with Crippen molar-refractivity contribution in [3.05, 3.63) is 0 Å². The zero-order valence-corrected chi connectivity index (χ0v) is 19.6. The second-order valence-corrected chi connectivity index (χ2v) is 7.57. The summed E-state index contributed by atoms with van der Waals surface area (Å²) in [6, 6.07) is 0. The van der Waals surface area contributed by atoms with Gasteiger partial charge in [0.25, 0.3) is 0 Å². The van der Waals surface area contributed by atoms with Crippen LogP contribution in [0.25, 0.3) is 0 Å². The summed E-state index contributed by atoms with van der Waals surface area (Å²) in [6.45, 7) is 2.66. The van der Waals surface area contributed by atoms with Crippen LogP contribution in [0.1, 0.15) is 111 Å². The molecule has 1 radical (unpaired) electrons. The van der Waals surface area contributed by atoms with Crippen molar-refractivity contribution in [2.75, 3.05) is 6.61 Å². The molecule has 5 nitrogen and oxygen atoms in total. The minimum absolute atomic E-state index is 0. The van der Waals surface area contributed by atoms with Crippen molar-refractivity contribution in [3.63, 3.8) is 0 Å². The molecule has 0 aliphatic heterocycles. The third-order valence-corrected chi connectivity index (χ3v) is 4.01. The topological polar surface area (TPSA) is 98.0 Å². The van der Waals surface area contributed by atoms with Crippen LogP contribution in [0.2, 0.25) is 0 Å². The first-order valence-corrected chi connectivity index (χ1v) is 11.4. The van der Waals surface area contributed by atoms with E-state index in [1.54, 1.807) is 0 Å². The van der Waals surface area contributed by atoms with E-state index >= 15 is 0 Å². The molecule has 0 saturated carbocycles. The van der Waals surface area contributed by atoms with E-state index in [4.69, 9.17) is 24.4 Å². The van der Waals surface area contributed by atoms with E-state index in [0.29, 0.717) is 6.61 Å². The normalized spacial score (nSPS) is 10.8. The maximum atomic E-state index is 8.88. The smallest absolute Gasteiger partial charge is 0.396 e. The third kappa shape index (κ3) is 45.8. The van der Waals surface area contributed by atoms with E-state index in [1.807, 2.05) is 0 Å². The quantitative estimate of drug-likeness (QED) is 0.165. The van der Waals surface area contributed by atoms with Gasteiger partial charge in [-0.25, -0.2) is 4.57 Å². The van der Waals surface area contributed by atoms with Crippen LogP contribution in [-0.2, 0) is 4.57 Å². The molecule has 0 saturated heterocycles. The first-order chi connectivity index (χ1) is 11.4. The van der Waals surface area contributed by atoms with E-state index in [1.165, 1.54) is 96.3 Å². The molecular weight excluding hydrogens is 350 g/mol. The maximum Gasteiger partial charge on any atom is 0.466 e. The van der Waals surface area contributed by atoms with Crippen molar-refractivity contribution in [2.24, 2.45) is 0 Å². The van der Waals surface area contributed by atoms with Crippen LogP contribution < -0.4 is 0 Å². The van der Waals surface area contributed by atoms with Crippen LogP contribution in [0, 0.1) is 0 Å².